The Morgan fingerprint density at radius 2 is 1.95 bits per heavy atom. The molecule has 0 saturated heterocycles. The van der Waals surface area contributed by atoms with Crippen molar-refractivity contribution < 1.29 is 9.90 Å². The number of aliphatic carboxylic acids is 1. The SMILES string of the molecule is CC(=O)O.NC(N)=Nc1cc2[nH]c(=O)[nH]c(=O)c2s1. The quantitative estimate of drug-likeness (QED) is 0.342. The van der Waals surface area contributed by atoms with Gasteiger partial charge in [-0.05, 0) is 6.07 Å². The highest BCUT2D eigenvalue weighted by atomic mass is 32.1. The highest BCUT2D eigenvalue weighted by Gasteiger charge is 2.05. The van der Waals surface area contributed by atoms with Crippen LogP contribution in [0.4, 0.5) is 5.00 Å². The first kappa shape index (κ1) is 14.4. The Morgan fingerprint density at radius 3 is 2.47 bits per heavy atom. The summed E-state index contributed by atoms with van der Waals surface area (Å²) in [5.41, 5.74) is 9.80. The van der Waals surface area contributed by atoms with E-state index < -0.39 is 17.2 Å². The first-order valence-corrected chi connectivity index (χ1v) is 5.66. The van der Waals surface area contributed by atoms with E-state index in [2.05, 4.69) is 15.0 Å². The van der Waals surface area contributed by atoms with Gasteiger partial charge in [0.25, 0.3) is 11.5 Å². The van der Waals surface area contributed by atoms with Crippen molar-refractivity contribution in [3.05, 3.63) is 26.9 Å². The van der Waals surface area contributed by atoms with Crippen molar-refractivity contribution in [1.29, 1.82) is 0 Å². The molecule has 0 aliphatic rings. The van der Waals surface area contributed by atoms with Crippen LogP contribution in [0.25, 0.3) is 10.2 Å². The van der Waals surface area contributed by atoms with Crippen LogP contribution < -0.4 is 22.7 Å². The number of thiophene rings is 1. The highest BCUT2D eigenvalue weighted by molar-refractivity contribution is 7.22. The lowest BCUT2D eigenvalue weighted by molar-refractivity contribution is -0.134. The molecule has 9 nitrogen and oxygen atoms in total. The van der Waals surface area contributed by atoms with Gasteiger partial charge in [-0.15, -0.1) is 11.3 Å². The predicted octanol–water partition coefficient (Wildman–Crippen LogP) is -0.726. The Bertz CT molecular complexity index is 733. The number of carboxylic acid groups (broad SMARTS) is 1. The molecule has 0 bridgehead atoms. The molecule has 19 heavy (non-hydrogen) atoms. The summed E-state index contributed by atoms with van der Waals surface area (Å²) in [5, 5.41) is 7.89. The lowest BCUT2D eigenvalue weighted by atomic mass is 10.5. The van der Waals surface area contributed by atoms with Crippen molar-refractivity contribution in [2.75, 3.05) is 0 Å². The Labute approximate surface area is 109 Å². The second kappa shape index (κ2) is 5.82. The molecule has 102 valence electrons. The van der Waals surface area contributed by atoms with Crippen molar-refractivity contribution in [3.63, 3.8) is 0 Å². The summed E-state index contributed by atoms with van der Waals surface area (Å²) in [6.07, 6.45) is 0. The van der Waals surface area contributed by atoms with Crippen molar-refractivity contribution >= 4 is 38.5 Å². The predicted molar refractivity (Wildman–Crippen MR) is 71.8 cm³/mol. The first-order valence-electron chi connectivity index (χ1n) is 4.85. The lowest BCUT2D eigenvalue weighted by Gasteiger charge is -1.85. The molecule has 2 aromatic heterocycles. The summed E-state index contributed by atoms with van der Waals surface area (Å²) >= 11 is 1.10. The number of guanidine groups is 1. The van der Waals surface area contributed by atoms with Crippen LogP contribution in [0.2, 0.25) is 0 Å². The molecule has 0 unspecified atom stereocenters. The number of nitrogens with two attached hydrogens (primary N) is 2. The molecule has 2 aromatic rings. The normalized spacial score (nSPS) is 9.53. The van der Waals surface area contributed by atoms with Crippen LogP contribution in [0.1, 0.15) is 6.92 Å². The Balaban J connectivity index is 0.000000399. The van der Waals surface area contributed by atoms with E-state index in [4.69, 9.17) is 21.4 Å². The van der Waals surface area contributed by atoms with Crippen molar-refractivity contribution in [2.45, 2.75) is 6.92 Å². The van der Waals surface area contributed by atoms with Crippen molar-refractivity contribution in [2.24, 2.45) is 16.5 Å². The fraction of sp³-hybridized carbons (Fsp3) is 0.111. The maximum absolute atomic E-state index is 11.3. The number of rotatable bonds is 1. The minimum atomic E-state index is -0.833. The maximum Gasteiger partial charge on any atom is 0.326 e. The largest absolute Gasteiger partial charge is 0.481 e. The molecule has 0 aliphatic heterocycles. The summed E-state index contributed by atoms with van der Waals surface area (Å²) in [6, 6.07) is 1.54. The lowest BCUT2D eigenvalue weighted by Crippen LogP contribution is -2.21. The maximum atomic E-state index is 11.3. The third-order valence-electron chi connectivity index (χ3n) is 1.64. The molecule has 10 heteroatoms. The summed E-state index contributed by atoms with van der Waals surface area (Å²) in [4.78, 5) is 39.6. The fourth-order valence-electron chi connectivity index (χ4n) is 1.14. The molecule has 0 aliphatic carbocycles. The second-order valence-corrected chi connectivity index (χ2v) is 4.32. The monoisotopic (exact) mass is 285 g/mol. The second-order valence-electron chi connectivity index (χ2n) is 3.29. The number of hydrogen-bond donors (Lipinski definition) is 5. The van der Waals surface area contributed by atoms with Gasteiger partial charge in [-0.25, -0.2) is 9.79 Å². The van der Waals surface area contributed by atoms with Gasteiger partial charge in [0.15, 0.2) is 5.96 Å². The van der Waals surface area contributed by atoms with Gasteiger partial charge in [-0.3, -0.25) is 14.6 Å². The van der Waals surface area contributed by atoms with E-state index in [1.165, 1.54) is 6.07 Å². The number of aliphatic imine (C=N–C) groups is 1. The smallest absolute Gasteiger partial charge is 0.326 e. The molecule has 0 spiro atoms. The van der Waals surface area contributed by atoms with Gasteiger partial charge in [0.2, 0.25) is 0 Å². The molecule has 2 heterocycles. The summed E-state index contributed by atoms with van der Waals surface area (Å²) < 4.78 is 0.384. The number of aromatic amines is 2. The number of aromatic nitrogens is 2. The molecule has 0 saturated carbocycles. The first-order chi connectivity index (χ1) is 8.79. The molecular weight excluding hydrogens is 274 g/mol. The van der Waals surface area contributed by atoms with Crippen LogP contribution in [0.15, 0.2) is 20.6 Å². The fourth-order valence-corrected chi connectivity index (χ4v) is 2.04. The zero-order chi connectivity index (χ0) is 14.6. The number of hydrogen-bond acceptors (Lipinski definition) is 5. The van der Waals surface area contributed by atoms with Gasteiger partial charge in [-0.2, -0.15) is 0 Å². The van der Waals surface area contributed by atoms with Gasteiger partial charge in [0.05, 0.1) is 5.52 Å². The van der Waals surface area contributed by atoms with Gasteiger partial charge in [0, 0.05) is 6.92 Å². The van der Waals surface area contributed by atoms with Gasteiger partial charge in [-0.1, -0.05) is 0 Å². The van der Waals surface area contributed by atoms with E-state index in [1.807, 2.05) is 0 Å². The number of nitrogens with one attached hydrogen (secondary N) is 2. The Kier molecular flexibility index (Phi) is 4.42. The van der Waals surface area contributed by atoms with Crippen LogP contribution in [-0.4, -0.2) is 27.0 Å². The van der Waals surface area contributed by atoms with E-state index in [0.717, 1.165) is 18.3 Å². The van der Waals surface area contributed by atoms with Crippen LogP contribution in [0.5, 0.6) is 0 Å². The van der Waals surface area contributed by atoms with E-state index >= 15 is 0 Å². The number of fused-ring (bicyclic) bond motifs is 1. The minimum Gasteiger partial charge on any atom is -0.481 e. The Morgan fingerprint density at radius 1 is 1.37 bits per heavy atom. The number of nitrogens with zero attached hydrogens (tertiary/aromatic N) is 1. The van der Waals surface area contributed by atoms with Crippen molar-refractivity contribution in [3.8, 4) is 0 Å². The summed E-state index contributed by atoms with van der Waals surface area (Å²) in [5.74, 6) is -0.930. The molecule has 0 radical (unpaired) electrons. The zero-order valence-electron chi connectivity index (χ0n) is 9.76. The van der Waals surface area contributed by atoms with Gasteiger partial charge >= 0.3 is 5.69 Å². The van der Waals surface area contributed by atoms with E-state index in [9.17, 15) is 9.59 Å². The molecule has 0 aromatic carbocycles. The Hall–Kier alpha value is -2.62. The van der Waals surface area contributed by atoms with E-state index in [-0.39, 0.29) is 5.96 Å². The minimum absolute atomic E-state index is 0.0969. The molecule has 0 fully saturated rings. The zero-order valence-corrected chi connectivity index (χ0v) is 10.6. The third-order valence-corrected chi connectivity index (χ3v) is 2.67. The summed E-state index contributed by atoms with van der Waals surface area (Å²) in [7, 11) is 0. The molecule has 2 rings (SSSR count). The standard InChI is InChI=1S/C7H7N5O2S.C2H4O2/c8-6(9)11-3-1-2-4(15-3)5(13)12-7(14)10-2;1-2(3)4/h1H,(H4,8,9,11)(H2,10,12,13,14);1H3,(H,3,4). The van der Waals surface area contributed by atoms with Crippen molar-refractivity contribution in [1.82, 2.24) is 9.97 Å². The highest BCUT2D eigenvalue weighted by Crippen LogP contribution is 2.27. The van der Waals surface area contributed by atoms with Crippen LogP contribution in [0, 0.1) is 0 Å². The third kappa shape index (κ3) is 4.27. The summed E-state index contributed by atoms with van der Waals surface area (Å²) in [6.45, 7) is 1.08. The topological polar surface area (TPSA) is 167 Å². The van der Waals surface area contributed by atoms with E-state index in [0.29, 0.717) is 15.2 Å². The molecular formula is C9H11N5O4S. The van der Waals surface area contributed by atoms with Gasteiger partial charge < -0.3 is 21.6 Å². The van der Waals surface area contributed by atoms with Crippen LogP contribution >= 0.6 is 11.3 Å². The average molecular weight is 285 g/mol. The molecule has 7 N–H and O–H groups in total. The number of carboxylic acids is 1. The molecule has 0 atom stereocenters. The van der Waals surface area contributed by atoms with Crippen LogP contribution in [-0.2, 0) is 4.79 Å². The van der Waals surface area contributed by atoms with Gasteiger partial charge in [0.1, 0.15) is 9.70 Å². The van der Waals surface area contributed by atoms with E-state index in [1.54, 1.807) is 0 Å². The van der Waals surface area contributed by atoms with Crippen LogP contribution in [0.3, 0.4) is 0 Å². The average Bonchev–Trinajstić information content (AvgIpc) is 2.58. The number of H-pyrrole nitrogens is 2. The number of carbonyl (C=O) groups is 1. The molecule has 0 amide bonds.